The molecule has 0 spiro atoms. The van der Waals surface area contributed by atoms with E-state index < -0.39 is 0 Å². The monoisotopic (exact) mass is 310 g/mol. The number of hydrogen-bond donors (Lipinski definition) is 1. The molecule has 21 heavy (non-hydrogen) atoms. The quantitative estimate of drug-likeness (QED) is 0.867. The van der Waals surface area contributed by atoms with Gasteiger partial charge >= 0.3 is 0 Å². The standard InChI is InChI=1S/C17H30N2OS/c1-12(2)8-14-15(10-18-17(3,4)5)21-16(19-14)9-13-6-7-20-11-13/h12-13,18H,6-11H2,1-5H3. The molecule has 1 fully saturated rings. The van der Waals surface area contributed by atoms with Gasteiger partial charge in [-0.25, -0.2) is 4.98 Å². The number of ether oxygens (including phenoxy) is 1. The van der Waals surface area contributed by atoms with Crippen molar-refractivity contribution in [3.63, 3.8) is 0 Å². The lowest BCUT2D eigenvalue weighted by Crippen LogP contribution is -2.35. The molecular formula is C17H30N2OS. The lowest BCUT2D eigenvalue weighted by molar-refractivity contribution is 0.186. The van der Waals surface area contributed by atoms with Crippen molar-refractivity contribution in [2.75, 3.05) is 13.2 Å². The van der Waals surface area contributed by atoms with E-state index in [1.54, 1.807) is 0 Å². The van der Waals surface area contributed by atoms with E-state index in [1.165, 1.54) is 22.0 Å². The van der Waals surface area contributed by atoms with Gasteiger partial charge in [0.2, 0.25) is 0 Å². The van der Waals surface area contributed by atoms with Crippen LogP contribution < -0.4 is 5.32 Å². The van der Waals surface area contributed by atoms with Crippen LogP contribution in [0.5, 0.6) is 0 Å². The highest BCUT2D eigenvalue weighted by molar-refractivity contribution is 7.11. The molecular weight excluding hydrogens is 280 g/mol. The van der Waals surface area contributed by atoms with Crippen LogP contribution in [-0.2, 0) is 24.1 Å². The molecule has 1 N–H and O–H groups in total. The molecule has 2 heterocycles. The number of hydrogen-bond acceptors (Lipinski definition) is 4. The Kier molecular flexibility index (Phi) is 5.81. The molecule has 1 saturated heterocycles. The fourth-order valence-corrected chi connectivity index (χ4v) is 3.70. The fourth-order valence-electron chi connectivity index (χ4n) is 2.55. The first-order valence-electron chi connectivity index (χ1n) is 8.13. The SMILES string of the molecule is CC(C)Cc1nc(CC2CCOC2)sc1CNC(C)(C)C. The minimum absolute atomic E-state index is 0.151. The number of nitrogens with zero attached hydrogens (tertiary/aromatic N) is 1. The van der Waals surface area contributed by atoms with Crippen molar-refractivity contribution < 1.29 is 4.74 Å². The summed E-state index contributed by atoms with van der Waals surface area (Å²) in [7, 11) is 0. The number of thiazole rings is 1. The molecule has 4 heteroatoms. The van der Waals surface area contributed by atoms with Crippen LogP contribution >= 0.6 is 11.3 Å². The van der Waals surface area contributed by atoms with Crippen LogP contribution in [-0.4, -0.2) is 23.7 Å². The van der Waals surface area contributed by atoms with Gasteiger partial charge in [0.05, 0.1) is 10.7 Å². The first kappa shape index (κ1) is 16.9. The topological polar surface area (TPSA) is 34.1 Å². The highest BCUT2D eigenvalue weighted by Gasteiger charge is 2.20. The zero-order valence-electron chi connectivity index (χ0n) is 14.2. The van der Waals surface area contributed by atoms with E-state index in [-0.39, 0.29) is 5.54 Å². The minimum Gasteiger partial charge on any atom is -0.381 e. The molecule has 1 aromatic rings. The van der Waals surface area contributed by atoms with E-state index in [4.69, 9.17) is 9.72 Å². The molecule has 0 aliphatic carbocycles. The normalized spacial score (nSPS) is 19.6. The average molecular weight is 311 g/mol. The van der Waals surface area contributed by atoms with Crippen LogP contribution in [0.1, 0.15) is 56.6 Å². The smallest absolute Gasteiger partial charge is 0.0935 e. The number of nitrogens with one attached hydrogen (secondary N) is 1. The van der Waals surface area contributed by atoms with Gasteiger partial charge in [-0.15, -0.1) is 11.3 Å². The Morgan fingerprint density at radius 2 is 2.14 bits per heavy atom. The molecule has 0 amide bonds. The van der Waals surface area contributed by atoms with E-state index in [9.17, 15) is 0 Å². The van der Waals surface area contributed by atoms with Gasteiger partial charge in [0.25, 0.3) is 0 Å². The molecule has 1 aliphatic heterocycles. The Morgan fingerprint density at radius 1 is 1.38 bits per heavy atom. The predicted molar refractivity (Wildman–Crippen MR) is 89.9 cm³/mol. The summed E-state index contributed by atoms with van der Waals surface area (Å²) in [6.07, 6.45) is 3.36. The van der Waals surface area contributed by atoms with Crippen molar-refractivity contribution in [2.24, 2.45) is 11.8 Å². The molecule has 0 bridgehead atoms. The number of rotatable bonds is 6. The maximum absolute atomic E-state index is 5.49. The van der Waals surface area contributed by atoms with Gasteiger partial charge in [-0.2, -0.15) is 0 Å². The molecule has 120 valence electrons. The zero-order valence-corrected chi connectivity index (χ0v) is 15.0. The lowest BCUT2D eigenvalue weighted by Gasteiger charge is -2.20. The van der Waals surface area contributed by atoms with E-state index >= 15 is 0 Å². The van der Waals surface area contributed by atoms with Gasteiger partial charge in [0, 0.05) is 36.6 Å². The summed E-state index contributed by atoms with van der Waals surface area (Å²) in [6.45, 7) is 14.0. The third kappa shape index (κ3) is 5.68. The average Bonchev–Trinajstić information content (AvgIpc) is 2.96. The molecule has 1 unspecified atom stereocenters. The van der Waals surface area contributed by atoms with Crippen molar-refractivity contribution in [3.8, 4) is 0 Å². The lowest BCUT2D eigenvalue weighted by atomic mass is 10.1. The third-order valence-electron chi connectivity index (χ3n) is 3.69. The number of aromatic nitrogens is 1. The summed E-state index contributed by atoms with van der Waals surface area (Å²) in [5, 5.41) is 4.90. The first-order chi connectivity index (χ1) is 9.83. The molecule has 2 rings (SSSR count). The highest BCUT2D eigenvalue weighted by atomic mass is 32.1. The van der Waals surface area contributed by atoms with E-state index in [2.05, 4.69) is 39.9 Å². The van der Waals surface area contributed by atoms with Crippen LogP contribution in [0.2, 0.25) is 0 Å². The van der Waals surface area contributed by atoms with Crippen molar-refractivity contribution in [1.82, 2.24) is 10.3 Å². The molecule has 3 nitrogen and oxygen atoms in total. The van der Waals surface area contributed by atoms with Crippen LogP contribution in [0.4, 0.5) is 0 Å². The van der Waals surface area contributed by atoms with E-state index in [0.29, 0.717) is 11.8 Å². The van der Waals surface area contributed by atoms with Crippen molar-refractivity contribution in [1.29, 1.82) is 0 Å². The summed E-state index contributed by atoms with van der Waals surface area (Å²) in [5.41, 5.74) is 1.46. The zero-order chi connectivity index (χ0) is 15.5. The highest BCUT2D eigenvalue weighted by Crippen LogP contribution is 2.26. The van der Waals surface area contributed by atoms with Crippen LogP contribution in [0.15, 0.2) is 0 Å². The Bertz CT molecular complexity index is 442. The van der Waals surface area contributed by atoms with E-state index in [0.717, 1.165) is 32.6 Å². The summed E-state index contributed by atoms with van der Waals surface area (Å²) >= 11 is 1.90. The summed E-state index contributed by atoms with van der Waals surface area (Å²) < 4.78 is 5.49. The predicted octanol–water partition coefficient (Wildman–Crippen LogP) is 3.81. The van der Waals surface area contributed by atoms with Crippen molar-refractivity contribution in [3.05, 3.63) is 15.6 Å². The van der Waals surface area contributed by atoms with Gasteiger partial charge in [0.1, 0.15) is 0 Å². The molecule has 0 saturated carbocycles. The second kappa shape index (κ2) is 7.21. The molecule has 0 radical (unpaired) electrons. The summed E-state index contributed by atoms with van der Waals surface area (Å²) in [5.74, 6) is 1.33. The second-order valence-corrected chi connectivity index (χ2v) is 8.78. The second-order valence-electron chi connectivity index (χ2n) is 7.61. The van der Waals surface area contributed by atoms with Gasteiger partial charge in [-0.3, -0.25) is 0 Å². The van der Waals surface area contributed by atoms with Gasteiger partial charge in [-0.1, -0.05) is 13.8 Å². The van der Waals surface area contributed by atoms with Gasteiger partial charge < -0.3 is 10.1 Å². The molecule has 1 atom stereocenters. The van der Waals surface area contributed by atoms with Crippen molar-refractivity contribution >= 4 is 11.3 Å². The Balaban J connectivity index is 2.06. The fraction of sp³-hybridized carbons (Fsp3) is 0.824. The molecule has 0 aromatic carbocycles. The minimum atomic E-state index is 0.151. The van der Waals surface area contributed by atoms with E-state index in [1.807, 2.05) is 11.3 Å². The maximum Gasteiger partial charge on any atom is 0.0935 e. The Hall–Kier alpha value is -0.450. The Morgan fingerprint density at radius 3 is 2.71 bits per heavy atom. The van der Waals surface area contributed by atoms with Gasteiger partial charge in [-0.05, 0) is 45.4 Å². The summed E-state index contributed by atoms with van der Waals surface area (Å²) in [6, 6.07) is 0. The van der Waals surface area contributed by atoms with Crippen molar-refractivity contribution in [2.45, 2.75) is 66.0 Å². The largest absolute Gasteiger partial charge is 0.381 e. The summed E-state index contributed by atoms with van der Waals surface area (Å²) in [4.78, 5) is 6.36. The molecule has 1 aromatic heterocycles. The third-order valence-corrected chi connectivity index (χ3v) is 4.81. The Labute approximate surface area is 133 Å². The van der Waals surface area contributed by atoms with Gasteiger partial charge in [0.15, 0.2) is 0 Å². The van der Waals surface area contributed by atoms with Crippen LogP contribution in [0.3, 0.4) is 0 Å². The van der Waals surface area contributed by atoms with Crippen LogP contribution in [0, 0.1) is 11.8 Å². The van der Waals surface area contributed by atoms with Crippen LogP contribution in [0.25, 0.3) is 0 Å². The molecule has 1 aliphatic rings. The first-order valence-corrected chi connectivity index (χ1v) is 8.95. The maximum atomic E-state index is 5.49.